The van der Waals surface area contributed by atoms with Gasteiger partial charge in [-0.25, -0.2) is 0 Å². The van der Waals surface area contributed by atoms with Crippen molar-refractivity contribution in [3.05, 3.63) is 24.3 Å². The Labute approximate surface area is 126 Å². The van der Waals surface area contributed by atoms with E-state index in [1.165, 1.54) is 0 Å². The molecule has 118 valence electrons. The van der Waals surface area contributed by atoms with Crippen LogP contribution in [0.4, 0.5) is 0 Å². The summed E-state index contributed by atoms with van der Waals surface area (Å²) in [5.74, 6) is 1.71. The fourth-order valence-corrected chi connectivity index (χ4v) is 2.43. The molecule has 0 bridgehead atoms. The topological polar surface area (TPSA) is 49.0 Å². The molecule has 1 aromatic rings. The third kappa shape index (κ3) is 4.33. The molecule has 3 unspecified atom stereocenters. The van der Waals surface area contributed by atoms with Crippen molar-refractivity contribution < 1.29 is 18.9 Å². The molecule has 5 nitrogen and oxygen atoms in total. The Hall–Kier alpha value is -1.30. The van der Waals surface area contributed by atoms with Crippen LogP contribution in [-0.2, 0) is 9.47 Å². The Kier molecular flexibility index (Phi) is 6.29. The molecule has 0 heterocycles. The van der Waals surface area contributed by atoms with E-state index in [4.69, 9.17) is 18.9 Å². The Balaban J connectivity index is 1.85. The van der Waals surface area contributed by atoms with E-state index in [-0.39, 0.29) is 12.2 Å². The fourth-order valence-electron chi connectivity index (χ4n) is 2.43. The molecule has 1 aliphatic rings. The molecule has 0 aromatic heterocycles. The van der Waals surface area contributed by atoms with Crippen LogP contribution < -0.4 is 14.8 Å². The summed E-state index contributed by atoms with van der Waals surface area (Å²) < 4.78 is 22.3. The number of nitrogens with one attached hydrogen (secondary N) is 1. The van der Waals surface area contributed by atoms with Gasteiger partial charge in [0.2, 0.25) is 0 Å². The molecule has 1 fully saturated rings. The van der Waals surface area contributed by atoms with Crippen LogP contribution in [0.25, 0.3) is 0 Å². The fraction of sp³-hybridized carbons (Fsp3) is 0.625. The van der Waals surface area contributed by atoms with Crippen LogP contribution in [-0.4, -0.2) is 52.2 Å². The zero-order valence-electron chi connectivity index (χ0n) is 13.0. The first-order valence-electron chi connectivity index (χ1n) is 7.45. The Morgan fingerprint density at radius 1 is 1.14 bits per heavy atom. The minimum absolute atomic E-state index is 0.0664. The molecule has 21 heavy (non-hydrogen) atoms. The Bertz CT molecular complexity index is 409. The SMILES string of the molecule is CCOc1ccc(OC2CC(NC)C2OCCOC)cc1. The van der Waals surface area contributed by atoms with Crippen molar-refractivity contribution in [2.45, 2.75) is 31.6 Å². The molecule has 0 aliphatic heterocycles. The number of benzene rings is 1. The quantitative estimate of drug-likeness (QED) is 0.705. The molecule has 1 aliphatic carbocycles. The van der Waals surface area contributed by atoms with Crippen molar-refractivity contribution >= 4 is 0 Å². The van der Waals surface area contributed by atoms with Crippen molar-refractivity contribution in [1.29, 1.82) is 0 Å². The zero-order valence-corrected chi connectivity index (χ0v) is 13.0. The molecule has 2 rings (SSSR count). The van der Waals surface area contributed by atoms with Crippen LogP contribution in [0.5, 0.6) is 11.5 Å². The summed E-state index contributed by atoms with van der Waals surface area (Å²) in [6.45, 7) is 3.83. The molecule has 1 saturated carbocycles. The largest absolute Gasteiger partial charge is 0.494 e. The average molecular weight is 295 g/mol. The highest BCUT2D eigenvalue weighted by Gasteiger charge is 2.43. The first-order valence-corrected chi connectivity index (χ1v) is 7.45. The lowest BCUT2D eigenvalue weighted by atomic mass is 9.85. The smallest absolute Gasteiger partial charge is 0.128 e. The maximum Gasteiger partial charge on any atom is 0.128 e. The van der Waals surface area contributed by atoms with Crippen LogP contribution in [0.1, 0.15) is 13.3 Å². The highest BCUT2D eigenvalue weighted by molar-refractivity contribution is 5.31. The molecule has 0 saturated heterocycles. The van der Waals surface area contributed by atoms with Crippen molar-refractivity contribution in [1.82, 2.24) is 5.32 Å². The summed E-state index contributed by atoms with van der Waals surface area (Å²) in [6.07, 6.45) is 1.09. The normalized spacial score (nSPS) is 24.4. The average Bonchev–Trinajstić information content (AvgIpc) is 2.49. The summed E-state index contributed by atoms with van der Waals surface area (Å²) in [4.78, 5) is 0. The standard InChI is InChI=1S/C16H25NO4/c1-4-19-12-5-7-13(8-6-12)21-15-11-14(17-2)16(15)20-10-9-18-3/h5-8,14-17H,4,9-11H2,1-3H3. The Morgan fingerprint density at radius 3 is 2.48 bits per heavy atom. The van der Waals surface area contributed by atoms with Gasteiger partial charge in [0.15, 0.2) is 0 Å². The van der Waals surface area contributed by atoms with E-state index in [0.29, 0.717) is 25.9 Å². The van der Waals surface area contributed by atoms with Gasteiger partial charge in [0.25, 0.3) is 0 Å². The lowest BCUT2D eigenvalue weighted by Crippen LogP contribution is -2.60. The van der Waals surface area contributed by atoms with Crippen LogP contribution in [0.3, 0.4) is 0 Å². The molecule has 1 N–H and O–H groups in total. The second kappa shape index (κ2) is 8.22. The first kappa shape index (κ1) is 16.1. The van der Waals surface area contributed by atoms with Gasteiger partial charge < -0.3 is 24.3 Å². The Morgan fingerprint density at radius 2 is 1.86 bits per heavy atom. The molecular weight excluding hydrogens is 270 g/mol. The summed E-state index contributed by atoms with van der Waals surface area (Å²) in [7, 11) is 3.62. The van der Waals surface area contributed by atoms with Gasteiger partial charge in [-0.05, 0) is 38.2 Å². The van der Waals surface area contributed by atoms with Gasteiger partial charge in [0.1, 0.15) is 23.7 Å². The van der Waals surface area contributed by atoms with E-state index in [9.17, 15) is 0 Å². The van der Waals surface area contributed by atoms with Crippen LogP contribution in [0.2, 0.25) is 0 Å². The highest BCUT2D eigenvalue weighted by Crippen LogP contribution is 2.29. The summed E-state index contributed by atoms with van der Waals surface area (Å²) in [6, 6.07) is 8.06. The summed E-state index contributed by atoms with van der Waals surface area (Å²) in [5, 5.41) is 3.25. The van der Waals surface area contributed by atoms with E-state index >= 15 is 0 Å². The van der Waals surface area contributed by atoms with Gasteiger partial charge in [-0.15, -0.1) is 0 Å². The van der Waals surface area contributed by atoms with Gasteiger partial charge in [-0.3, -0.25) is 0 Å². The second-order valence-corrected chi connectivity index (χ2v) is 5.02. The van der Waals surface area contributed by atoms with Crippen molar-refractivity contribution in [3.63, 3.8) is 0 Å². The number of hydrogen-bond acceptors (Lipinski definition) is 5. The molecule has 0 radical (unpaired) electrons. The highest BCUT2D eigenvalue weighted by atomic mass is 16.6. The van der Waals surface area contributed by atoms with Crippen LogP contribution in [0.15, 0.2) is 24.3 Å². The second-order valence-electron chi connectivity index (χ2n) is 5.02. The molecule has 3 atom stereocenters. The van der Waals surface area contributed by atoms with E-state index in [1.807, 2.05) is 38.2 Å². The van der Waals surface area contributed by atoms with Gasteiger partial charge in [-0.2, -0.15) is 0 Å². The molecule has 0 spiro atoms. The van der Waals surface area contributed by atoms with Gasteiger partial charge in [-0.1, -0.05) is 0 Å². The van der Waals surface area contributed by atoms with Crippen LogP contribution in [0, 0.1) is 0 Å². The number of rotatable bonds is 9. The maximum absolute atomic E-state index is 6.00. The molecule has 1 aromatic carbocycles. The number of ether oxygens (including phenoxy) is 4. The summed E-state index contributed by atoms with van der Waals surface area (Å²) in [5.41, 5.74) is 0. The number of likely N-dealkylation sites (N-methyl/N-ethyl adjacent to an activating group) is 1. The maximum atomic E-state index is 6.00. The number of hydrogen-bond donors (Lipinski definition) is 1. The predicted molar refractivity (Wildman–Crippen MR) is 81.1 cm³/mol. The molecule has 5 heteroatoms. The van der Waals surface area contributed by atoms with E-state index in [0.717, 1.165) is 17.9 Å². The van der Waals surface area contributed by atoms with E-state index < -0.39 is 0 Å². The molecule has 0 amide bonds. The third-order valence-corrected chi connectivity index (χ3v) is 3.64. The van der Waals surface area contributed by atoms with Crippen LogP contribution >= 0.6 is 0 Å². The lowest BCUT2D eigenvalue weighted by Gasteiger charge is -2.43. The van der Waals surface area contributed by atoms with E-state index in [2.05, 4.69) is 5.32 Å². The monoisotopic (exact) mass is 295 g/mol. The minimum atomic E-state index is 0.0664. The van der Waals surface area contributed by atoms with E-state index in [1.54, 1.807) is 7.11 Å². The number of methoxy groups -OCH3 is 1. The first-order chi connectivity index (χ1) is 10.3. The third-order valence-electron chi connectivity index (χ3n) is 3.64. The van der Waals surface area contributed by atoms with Crippen molar-refractivity contribution in [3.8, 4) is 11.5 Å². The van der Waals surface area contributed by atoms with Crippen molar-refractivity contribution in [2.24, 2.45) is 0 Å². The molecular formula is C16H25NO4. The minimum Gasteiger partial charge on any atom is -0.494 e. The van der Waals surface area contributed by atoms with Gasteiger partial charge in [0.05, 0.1) is 19.8 Å². The lowest BCUT2D eigenvalue weighted by molar-refractivity contribution is -0.114. The summed E-state index contributed by atoms with van der Waals surface area (Å²) >= 11 is 0. The van der Waals surface area contributed by atoms with Gasteiger partial charge in [0, 0.05) is 19.6 Å². The predicted octanol–water partition coefficient (Wildman–Crippen LogP) is 1.86. The van der Waals surface area contributed by atoms with Gasteiger partial charge >= 0.3 is 0 Å². The zero-order chi connectivity index (χ0) is 15.1. The van der Waals surface area contributed by atoms with Crippen molar-refractivity contribution in [2.75, 3.05) is 34.0 Å².